The summed E-state index contributed by atoms with van der Waals surface area (Å²) < 4.78 is 11.0. The number of aryl methyl sites for hydroxylation is 1. The first kappa shape index (κ1) is 14.7. The van der Waals surface area contributed by atoms with Gasteiger partial charge in [0.05, 0.1) is 5.02 Å². The molecule has 0 aromatic heterocycles. The largest absolute Gasteiger partial charge is 0.486 e. The standard InChI is InChI=1S/C18H15ClO3/c1-12-3-2-4-14(9-12)16(20)6-5-13-10-15(19)18-17(11-13)21-7-8-22-18/h2-6,9-11H,7-8H2,1H3. The maximum Gasteiger partial charge on any atom is 0.185 e. The number of rotatable bonds is 3. The van der Waals surface area contributed by atoms with Crippen LogP contribution >= 0.6 is 11.6 Å². The first-order valence-electron chi connectivity index (χ1n) is 7.02. The van der Waals surface area contributed by atoms with Gasteiger partial charge in [-0.25, -0.2) is 0 Å². The Morgan fingerprint density at radius 1 is 1.18 bits per heavy atom. The summed E-state index contributed by atoms with van der Waals surface area (Å²) >= 11 is 6.18. The number of halogens is 1. The number of hydrogen-bond donors (Lipinski definition) is 0. The minimum absolute atomic E-state index is 0.0466. The van der Waals surface area contributed by atoms with Crippen molar-refractivity contribution in [3.63, 3.8) is 0 Å². The third kappa shape index (κ3) is 3.15. The van der Waals surface area contributed by atoms with Crippen LogP contribution in [0.3, 0.4) is 0 Å². The van der Waals surface area contributed by atoms with Crippen molar-refractivity contribution in [2.75, 3.05) is 13.2 Å². The van der Waals surface area contributed by atoms with Crippen LogP contribution in [0.25, 0.3) is 6.08 Å². The Labute approximate surface area is 134 Å². The van der Waals surface area contributed by atoms with Gasteiger partial charge in [0, 0.05) is 5.56 Å². The minimum Gasteiger partial charge on any atom is -0.486 e. The van der Waals surface area contributed by atoms with Gasteiger partial charge >= 0.3 is 0 Å². The van der Waals surface area contributed by atoms with Crippen molar-refractivity contribution < 1.29 is 14.3 Å². The molecule has 0 unspecified atom stereocenters. The molecule has 1 heterocycles. The van der Waals surface area contributed by atoms with E-state index in [1.807, 2.05) is 31.2 Å². The lowest BCUT2D eigenvalue weighted by Gasteiger charge is -2.19. The highest BCUT2D eigenvalue weighted by Gasteiger charge is 2.16. The third-order valence-corrected chi connectivity index (χ3v) is 3.63. The number of ketones is 1. The van der Waals surface area contributed by atoms with Gasteiger partial charge in [-0.2, -0.15) is 0 Å². The molecule has 1 aliphatic rings. The van der Waals surface area contributed by atoms with Crippen LogP contribution in [0.1, 0.15) is 21.5 Å². The molecule has 2 aromatic rings. The Morgan fingerprint density at radius 3 is 2.82 bits per heavy atom. The van der Waals surface area contributed by atoms with Crippen LogP contribution < -0.4 is 9.47 Å². The zero-order valence-corrected chi connectivity index (χ0v) is 12.9. The van der Waals surface area contributed by atoms with Crippen molar-refractivity contribution in [3.05, 3.63) is 64.2 Å². The molecule has 2 aromatic carbocycles. The lowest BCUT2D eigenvalue weighted by atomic mass is 10.1. The molecule has 0 bridgehead atoms. The van der Waals surface area contributed by atoms with E-state index in [1.54, 1.807) is 18.2 Å². The van der Waals surface area contributed by atoms with Crippen LogP contribution in [0, 0.1) is 6.92 Å². The second-order valence-corrected chi connectivity index (χ2v) is 5.50. The average molecular weight is 315 g/mol. The number of ether oxygens (including phenoxy) is 2. The molecule has 1 aliphatic heterocycles. The van der Waals surface area contributed by atoms with Crippen LogP contribution in [-0.4, -0.2) is 19.0 Å². The molecule has 0 saturated carbocycles. The maximum atomic E-state index is 12.2. The summed E-state index contributed by atoms with van der Waals surface area (Å²) in [7, 11) is 0. The van der Waals surface area contributed by atoms with Gasteiger partial charge in [-0.15, -0.1) is 0 Å². The lowest BCUT2D eigenvalue weighted by molar-refractivity contribution is 0.104. The Bertz CT molecular complexity index is 750. The van der Waals surface area contributed by atoms with Gasteiger partial charge in [0.15, 0.2) is 17.3 Å². The van der Waals surface area contributed by atoms with E-state index in [0.29, 0.717) is 35.3 Å². The molecule has 3 rings (SSSR count). The fourth-order valence-electron chi connectivity index (χ4n) is 2.29. The van der Waals surface area contributed by atoms with Crippen LogP contribution in [0.4, 0.5) is 0 Å². The summed E-state index contributed by atoms with van der Waals surface area (Å²) in [6, 6.07) is 11.1. The maximum absolute atomic E-state index is 12.2. The fraction of sp³-hybridized carbons (Fsp3) is 0.167. The smallest absolute Gasteiger partial charge is 0.185 e. The molecule has 3 nitrogen and oxygen atoms in total. The first-order valence-corrected chi connectivity index (χ1v) is 7.39. The van der Waals surface area contributed by atoms with E-state index in [4.69, 9.17) is 21.1 Å². The second-order valence-electron chi connectivity index (χ2n) is 5.09. The highest BCUT2D eigenvalue weighted by molar-refractivity contribution is 6.32. The number of fused-ring (bicyclic) bond motifs is 1. The van der Waals surface area contributed by atoms with E-state index in [-0.39, 0.29) is 5.78 Å². The zero-order chi connectivity index (χ0) is 15.5. The van der Waals surface area contributed by atoms with Crippen molar-refractivity contribution in [1.29, 1.82) is 0 Å². The summed E-state index contributed by atoms with van der Waals surface area (Å²) in [6.45, 7) is 2.95. The van der Waals surface area contributed by atoms with Gasteiger partial charge in [0.25, 0.3) is 0 Å². The number of hydrogen-bond acceptors (Lipinski definition) is 3. The van der Waals surface area contributed by atoms with Crippen molar-refractivity contribution >= 4 is 23.5 Å². The average Bonchev–Trinajstić information content (AvgIpc) is 2.53. The Balaban J connectivity index is 1.83. The van der Waals surface area contributed by atoms with E-state index in [0.717, 1.165) is 11.1 Å². The highest BCUT2D eigenvalue weighted by atomic mass is 35.5. The van der Waals surface area contributed by atoms with Gasteiger partial charge in [0.1, 0.15) is 13.2 Å². The minimum atomic E-state index is -0.0466. The summed E-state index contributed by atoms with van der Waals surface area (Å²) in [4.78, 5) is 12.2. The molecule has 0 spiro atoms. The Morgan fingerprint density at radius 2 is 2.00 bits per heavy atom. The molecule has 112 valence electrons. The van der Waals surface area contributed by atoms with Crippen LogP contribution in [0.2, 0.25) is 5.02 Å². The summed E-state index contributed by atoms with van der Waals surface area (Å²) in [6.07, 6.45) is 3.27. The van der Waals surface area contributed by atoms with E-state index in [9.17, 15) is 4.79 Å². The van der Waals surface area contributed by atoms with Crippen molar-refractivity contribution in [2.24, 2.45) is 0 Å². The monoisotopic (exact) mass is 314 g/mol. The van der Waals surface area contributed by atoms with E-state index < -0.39 is 0 Å². The molecular weight excluding hydrogens is 300 g/mol. The molecule has 22 heavy (non-hydrogen) atoms. The molecular formula is C18H15ClO3. The van der Waals surface area contributed by atoms with Crippen molar-refractivity contribution in [2.45, 2.75) is 6.92 Å². The predicted molar refractivity (Wildman–Crippen MR) is 87.0 cm³/mol. The van der Waals surface area contributed by atoms with E-state index in [1.165, 1.54) is 6.08 Å². The molecule has 0 amide bonds. The molecule has 0 atom stereocenters. The highest BCUT2D eigenvalue weighted by Crippen LogP contribution is 2.38. The van der Waals surface area contributed by atoms with E-state index >= 15 is 0 Å². The number of allylic oxidation sites excluding steroid dienone is 1. The Hall–Kier alpha value is -2.26. The van der Waals surface area contributed by atoms with Crippen LogP contribution in [0.5, 0.6) is 11.5 Å². The van der Waals surface area contributed by atoms with Gasteiger partial charge in [0.2, 0.25) is 0 Å². The molecule has 0 fully saturated rings. The van der Waals surface area contributed by atoms with Crippen molar-refractivity contribution in [1.82, 2.24) is 0 Å². The summed E-state index contributed by atoms with van der Waals surface area (Å²) in [5.41, 5.74) is 2.52. The first-order chi connectivity index (χ1) is 10.6. The zero-order valence-electron chi connectivity index (χ0n) is 12.1. The SMILES string of the molecule is Cc1cccc(C(=O)C=Cc2cc(Cl)c3c(c2)OCCO3)c1. The molecule has 4 heteroatoms. The second kappa shape index (κ2) is 6.24. The van der Waals surface area contributed by atoms with Gasteiger partial charge in [-0.3, -0.25) is 4.79 Å². The third-order valence-electron chi connectivity index (χ3n) is 3.35. The molecule has 0 radical (unpaired) electrons. The summed E-state index contributed by atoms with van der Waals surface area (Å²) in [5, 5.41) is 0.486. The molecule has 0 saturated heterocycles. The van der Waals surface area contributed by atoms with Crippen molar-refractivity contribution in [3.8, 4) is 11.5 Å². The molecule has 0 aliphatic carbocycles. The number of carbonyl (C=O) groups is 1. The molecule has 0 N–H and O–H groups in total. The Kier molecular flexibility index (Phi) is 4.16. The summed E-state index contributed by atoms with van der Waals surface area (Å²) in [5.74, 6) is 1.13. The van der Waals surface area contributed by atoms with Crippen LogP contribution in [-0.2, 0) is 0 Å². The topological polar surface area (TPSA) is 35.5 Å². The number of carbonyl (C=O) groups excluding carboxylic acids is 1. The van der Waals surface area contributed by atoms with Gasteiger partial charge in [-0.05, 0) is 36.8 Å². The number of benzene rings is 2. The fourth-order valence-corrected chi connectivity index (χ4v) is 2.57. The lowest BCUT2D eigenvalue weighted by Crippen LogP contribution is -2.15. The normalized spacial score (nSPS) is 13.4. The van der Waals surface area contributed by atoms with Crippen LogP contribution in [0.15, 0.2) is 42.5 Å². The quantitative estimate of drug-likeness (QED) is 0.625. The van der Waals surface area contributed by atoms with E-state index in [2.05, 4.69) is 0 Å². The van der Waals surface area contributed by atoms with Gasteiger partial charge < -0.3 is 9.47 Å². The van der Waals surface area contributed by atoms with Gasteiger partial charge in [-0.1, -0.05) is 41.4 Å². The predicted octanol–water partition coefficient (Wildman–Crippen LogP) is 4.32.